The summed E-state index contributed by atoms with van der Waals surface area (Å²) >= 11 is 1.47. The molecule has 0 fully saturated rings. The summed E-state index contributed by atoms with van der Waals surface area (Å²) in [6, 6.07) is 0. The van der Waals surface area contributed by atoms with Crippen LogP contribution in [-0.2, 0) is 15.6 Å². The molecule has 1 heterocycles. The van der Waals surface area contributed by atoms with Crippen molar-refractivity contribution in [2.24, 2.45) is 0 Å². The molecule has 0 spiro atoms. The van der Waals surface area contributed by atoms with Crippen LogP contribution in [0.25, 0.3) is 0 Å². The number of thiazole rings is 1. The van der Waals surface area contributed by atoms with Crippen LogP contribution in [0.15, 0.2) is 5.38 Å². The predicted octanol–water partition coefficient (Wildman–Crippen LogP) is 0.996. The predicted molar refractivity (Wildman–Crippen MR) is 45.4 cm³/mol. The van der Waals surface area contributed by atoms with Gasteiger partial charge in [0.15, 0.2) is 9.84 Å². The third kappa shape index (κ3) is 2.98. The standard InChI is InChI=1S/C6H9NO2S2/c1-5-7-6(3-10-5)4-11(2,8)9/h3H,4H2,1-2H3. The number of sulfone groups is 1. The van der Waals surface area contributed by atoms with Crippen LogP contribution in [0, 0.1) is 6.92 Å². The van der Waals surface area contributed by atoms with Crippen molar-refractivity contribution in [3.8, 4) is 0 Å². The van der Waals surface area contributed by atoms with Gasteiger partial charge in [-0.15, -0.1) is 11.3 Å². The van der Waals surface area contributed by atoms with Gasteiger partial charge in [-0.1, -0.05) is 0 Å². The Labute approximate surface area is 70.0 Å². The van der Waals surface area contributed by atoms with Gasteiger partial charge in [0, 0.05) is 11.6 Å². The minimum atomic E-state index is -2.92. The Balaban J connectivity index is 2.81. The lowest BCUT2D eigenvalue weighted by atomic mass is 10.6. The molecule has 0 N–H and O–H groups in total. The fraction of sp³-hybridized carbons (Fsp3) is 0.500. The highest BCUT2D eigenvalue weighted by Gasteiger charge is 2.06. The van der Waals surface area contributed by atoms with E-state index in [2.05, 4.69) is 4.98 Å². The summed E-state index contributed by atoms with van der Waals surface area (Å²) in [5.41, 5.74) is 0.648. The second-order valence-corrected chi connectivity index (χ2v) is 5.63. The highest BCUT2D eigenvalue weighted by Crippen LogP contribution is 2.10. The van der Waals surface area contributed by atoms with E-state index >= 15 is 0 Å². The van der Waals surface area contributed by atoms with Gasteiger partial charge in [-0.25, -0.2) is 13.4 Å². The molecule has 0 saturated heterocycles. The highest BCUT2D eigenvalue weighted by molar-refractivity contribution is 7.89. The van der Waals surface area contributed by atoms with Crippen molar-refractivity contribution in [1.82, 2.24) is 4.98 Å². The maximum atomic E-state index is 10.8. The lowest BCUT2D eigenvalue weighted by Gasteiger charge is -1.90. The molecule has 0 aliphatic carbocycles. The molecule has 62 valence electrons. The summed E-state index contributed by atoms with van der Waals surface area (Å²) < 4.78 is 21.5. The molecule has 0 bridgehead atoms. The van der Waals surface area contributed by atoms with Crippen LogP contribution in [0.1, 0.15) is 10.7 Å². The Bertz CT molecular complexity index is 339. The summed E-state index contributed by atoms with van der Waals surface area (Å²) in [5.74, 6) is 0.0529. The highest BCUT2D eigenvalue weighted by atomic mass is 32.2. The topological polar surface area (TPSA) is 47.0 Å². The first kappa shape index (κ1) is 8.67. The molecular formula is C6H9NO2S2. The summed E-state index contributed by atoms with van der Waals surface area (Å²) in [6.07, 6.45) is 1.21. The van der Waals surface area contributed by atoms with Crippen molar-refractivity contribution in [1.29, 1.82) is 0 Å². The van der Waals surface area contributed by atoms with E-state index in [9.17, 15) is 8.42 Å². The Kier molecular flexibility index (Phi) is 2.29. The zero-order chi connectivity index (χ0) is 8.48. The number of aryl methyl sites for hydroxylation is 1. The van der Waals surface area contributed by atoms with Gasteiger partial charge in [-0.2, -0.15) is 0 Å². The molecule has 0 amide bonds. The van der Waals surface area contributed by atoms with Crippen molar-refractivity contribution in [2.45, 2.75) is 12.7 Å². The van der Waals surface area contributed by atoms with Crippen LogP contribution in [0.4, 0.5) is 0 Å². The average Bonchev–Trinajstić information content (AvgIpc) is 2.10. The zero-order valence-electron chi connectivity index (χ0n) is 6.36. The molecule has 0 aliphatic heterocycles. The van der Waals surface area contributed by atoms with Gasteiger partial charge < -0.3 is 0 Å². The number of rotatable bonds is 2. The molecule has 1 aromatic rings. The first-order chi connectivity index (χ1) is 4.97. The van der Waals surface area contributed by atoms with E-state index in [0.717, 1.165) is 5.01 Å². The second kappa shape index (κ2) is 2.91. The Hall–Kier alpha value is -0.420. The smallest absolute Gasteiger partial charge is 0.153 e. The van der Waals surface area contributed by atoms with E-state index in [1.54, 1.807) is 5.38 Å². The molecule has 0 radical (unpaired) electrons. The monoisotopic (exact) mass is 191 g/mol. The first-order valence-electron chi connectivity index (χ1n) is 3.06. The number of nitrogens with zero attached hydrogens (tertiary/aromatic N) is 1. The first-order valence-corrected chi connectivity index (χ1v) is 6.00. The minimum absolute atomic E-state index is 0.0529. The van der Waals surface area contributed by atoms with Crippen LogP contribution in [0.3, 0.4) is 0 Å². The van der Waals surface area contributed by atoms with E-state index in [1.807, 2.05) is 6.92 Å². The number of hydrogen-bond acceptors (Lipinski definition) is 4. The maximum Gasteiger partial charge on any atom is 0.153 e. The fourth-order valence-corrected chi connectivity index (χ4v) is 2.15. The minimum Gasteiger partial charge on any atom is -0.246 e. The molecule has 0 aliphatic rings. The SMILES string of the molecule is Cc1nc(CS(C)(=O)=O)cs1. The van der Waals surface area contributed by atoms with Gasteiger partial charge in [-0.3, -0.25) is 0 Å². The van der Waals surface area contributed by atoms with Crippen LogP contribution in [-0.4, -0.2) is 19.7 Å². The number of aromatic nitrogens is 1. The Morgan fingerprint density at radius 3 is 2.64 bits per heavy atom. The summed E-state index contributed by atoms with van der Waals surface area (Å²) in [5, 5.41) is 2.68. The molecule has 0 saturated carbocycles. The fourth-order valence-electron chi connectivity index (χ4n) is 0.743. The van der Waals surface area contributed by atoms with E-state index in [1.165, 1.54) is 17.6 Å². The summed E-state index contributed by atoms with van der Waals surface area (Å²) in [4.78, 5) is 4.04. The molecule has 0 unspecified atom stereocenters. The van der Waals surface area contributed by atoms with Gasteiger partial charge >= 0.3 is 0 Å². The van der Waals surface area contributed by atoms with Crippen LogP contribution < -0.4 is 0 Å². The molecule has 0 atom stereocenters. The van der Waals surface area contributed by atoms with Crippen LogP contribution in [0.5, 0.6) is 0 Å². The van der Waals surface area contributed by atoms with Crippen molar-refractivity contribution >= 4 is 21.2 Å². The van der Waals surface area contributed by atoms with E-state index in [-0.39, 0.29) is 5.75 Å². The third-order valence-corrected chi connectivity index (χ3v) is 2.72. The van der Waals surface area contributed by atoms with Gasteiger partial charge in [0.05, 0.1) is 16.5 Å². The summed E-state index contributed by atoms with van der Waals surface area (Å²) in [7, 11) is -2.92. The molecule has 3 nitrogen and oxygen atoms in total. The van der Waals surface area contributed by atoms with E-state index in [0.29, 0.717) is 5.69 Å². The maximum absolute atomic E-state index is 10.8. The third-order valence-electron chi connectivity index (χ3n) is 1.08. The lowest BCUT2D eigenvalue weighted by molar-refractivity contribution is 0.600. The van der Waals surface area contributed by atoms with Gasteiger partial charge in [0.25, 0.3) is 0 Å². The zero-order valence-corrected chi connectivity index (χ0v) is 8.00. The van der Waals surface area contributed by atoms with Crippen LogP contribution in [0.2, 0.25) is 0 Å². The van der Waals surface area contributed by atoms with E-state index < -0.39 is 9.84 Å². The van der Waals surface area contributed by atoms with Gasteiger partial charge in [0.1, 0.15) is 0 Å². The Morgan fingerprint density at radius 2 is 2.27 bits per heavy atom. The molecule has 1 aromatic heterocycles. The summed E-state index contributed by atoms with van der Waals surface area (Å²) in [6.45, 7) is 1.86. The Morgan fingerprint density at radius 1 is 1.64 bits per heavy atom. The molecular weight excluding hydrogens is 182 g/mol. The van der Waals surface area contributed by atoms with Crippen molar-refractivity contribution in [3.63, 3.8) is 0 Å². The van der Waals surface area contributed by atoms with Crippen molar-refractivity contribution in [3.05, 3.63) is 16.1 Å². The molecule has 11 heavy (non-hydrogen) atoms. The van der Waals surface area contributed by atoms with Gasteiger partial charge in [-0.05, 0) is 6.92 Å². The molecule has 0 aromatic carbocycles. The van der Waals surface area contributed by atoms with E-state index in [4.69, 9.17) is 0 Å². The quantitative estimate of drug-likeness (QED) is 0.700. The molecule has 1 rings (SSSR count). The largest absolute Gasteiger partial charge is 0.246 e. The molecule has 5 heteroatoms. The van der Waals surface area contributed by atoms with Crippen molar-refractivity contribution < 1.29 is 8.42 Å². The number of hydrogen-bond donors (Lipinski definition) is 0. The average molecular weight is 191 g/mol. The van der Waals surface area contributed by atoms with Crippen molar-refractivity contribution in [2.75, 3.05) is 6.26 Å². The van der Waals surface area contributed by atoms with Gasteiger partial charge in [0.2, 0.25) is 0 Å². The van der Waals surface area contributed by atoms with Crippen LogP contribution >= 0.6 is 11.3 Å². The lowest BCUT2D eigenvalue weighted by Crippen LogP contribution is -2.00. The second-order valence-electron chi connectivity index (χ2n) is 2.43. The normalized spacial score (nSPS) is 11.8.